The van der Waals surface area contributed by atoms with Gasteiger partial charge in [0.1, 0.15) is 0 Å². The Labute approximate surface area is 122 Å². The van der Waals surface area contributed by atoms with E-state index in [-0.39, 0.29) is 0 Å². The third-order valence-corrected chi connectivity index (χ3v) is 3.43. The minimum atomic E-state index is -0.571. The van der Waals surface area contributed by atoms with Gasteiger partial charge in [0.25, 0.3) is 0 Å². The van der Waals surface area contributed by atoms with E-state index in [9.17, 15) is 4.79 Å². The summed E-state index contributed by atoms with van der Waals surface area (Å²) >= 11 is 2.29. The Morgan fingerprint density at radius 1 is 1.22 bits per heavy atom. The molecule has 0 amide bonds. The van der Waals surface area contributed by atoms with E-state index in [2.05, 4.69) is 53.8 Å². The van der Waals surface area contributed by atoms with E-state index >= 15 is 0 Å². The van der Waals surface area contributed by atoms with Gasteiger partial charge in [-0.15, -0.1) is 0 Å². The summed E-state index contributed by atoms with van der Waals surface area (Å²) in [6.07, 6.45) is 1.33. The number of benzene rings is 1. The lowest BCUT2D eigenvalue weighted by molar-refractivity contribution is 0.0471. The molecule has 100 valence electrons. The van der Waals surface area contributed by atoms with Gasteiger partial charge >= 0.3 is 6.16 Å². The van der Waals surface area contributed by atoms with E-state index in [0.29, 0.717) is 19.1 Å². The van der Waals surface area contributed by atoms with E-state index in [4.69, 9.17) is 9.47 Å². The first-order valence-corrected chi connectivity index (χ1v) is 7.27. The monoisotopic (exact) mass is 362 g/mol. The molecule has 0 N–H and O–H groups in total. The summed E-state index contributed by atoms with van der Waals surface area (Å²) in [4.78, 5) is 11.1. The van der Waals surface area contributed by atoms with Gasteiger partial charge in [0.2, 0.25) is 0 Å². The molecule has 1 atom stereocenters. The van der Waals surface area contributed by atoms with Crippen molar-refractivity contribution in [2.45, 2.75) is 26.7 Å². The van der Waals surface area contributed by atoms with Gasteiger partial charge < -0.3 is 9.47 Å². The Balaban J connectivity index is 2.42. The largest absolute Gasteiger partial charge is 0.508 e. The summed E-state index contributed by atoms with van der Waals surface area (Å²) in [5, 5.41) is 0. The minimum absolute atomic E-state index is 0.342. The van der Waals surface area contributed by atoms with Gasteiger partial charge in [-0.2, -0.15) is 0 Å². The molecular weight excluding hydrogens is 343 g/mol. The van der Waals surface area contributed by atoms with Gasteiger partial charge in [0, 0.05) is 3.57 Å². The Kier molecular flexibility index (Phi) is 7.08. The molecule has 0 unspecified atom stereocenters. The Morgan fingerprint density at radius 3 is 2.44 bits per heavy atom. The molecule has 0 saturated heterocycles. The van der Waals surface area contributed by atoms with Crippen molar-refractivity contribution in [2.75, 3.05) is 13.2 Å². The molecule has 1 rings (SSSR count). The van der Waals surface area contributed by atoms with E-state index in [1.54, 1.807) is 6.92 Å². The van der Waals surface area contributed by atoms with Gasteiger partial charge in [-0.05, 0) is 66.0 Å². The molecule has 0 heterocycles. The number of hydrogen-bond donors (Lipinski definition) is 0. The first-order chi connectivity index (χ1) is 8.65. The van der Waals surface area contributed by atoms with Crippen LogP contribution in [0.15, 0.2) is 24.3 Å². The van der Waals surface area contributed by atoms with Crippen molar-refractivity contribution in [1.82, 2.24) is 0 Å². The third kappa shape index (κ3) is 5.71. The second kappa shape index (κ2) is 8.34. The van der Waals surface area contributed by atoms with Crippen LogP contribution in [0.3, 0.4) is 0 Å². The number of halogens is 1. The predicted molar refractivity (Wildman–Crippen MR) is 79.6 cm³/mol. The number of ether oxygens (including phenoxy) is 2. The van der Waals surface area contributed by atoms with Crippen LogP contribution in [0.2, 0.25) is 0 Å². The highest BCUT2D eigenvalue weighted by atomic mass is 127. The van der Waals surface area contributed by atoms with Gasteiger partial charge in [-0.1, -0.05) is 19.1 Å². The normalized spacial score (nSPS) is 11.9. The van der Waals surface area contributed by atoms with Crippen LogP contribution in [0.1, 0.15) is 25.8 Å². The van der Waals surface area contributed by atoms with Crippen LogP contribution in [0.4, 0.5) is 4.79 Å². The number of rotatable bonds is 6. The van der Waals surface area contributed by atoms with Gasteiger partial charge in [0.05, 0.1) is 13.2 Å². The van der Waals surface area contributed by atoms with E-state index in [1.165, 1.54) is 9.13 Å². The Morgan fingerprint density at radius 2 is 1.89 bits per heavy atom. The number of hydrogen-bond acceptors (Lipinski definition) is 3. The summed E-state index contributed by atoms with van der Waals surface area (Å²) in [7, 11) is 0. The summed E-state index contributed by atoms with van der Waals surface area (Å²) < 4.78 is 11.0. The summed E-state index contributed by atoms with van der Waals surface area (Å²) in [6, 6.07) is 8.42. The fourth-order valence-corrected chi connectivity index (χ4v) is 1.98. The molecule has 3 nitrogen and oxygen atoms in total. The van der Waals surface area contributed by atoms with E-state index in [1.807, 2.05) is 0 Å². The SMILES string of the molecule is CCOC(=O)OC[C@@H](CC)Cc1ccc(I)cc1. The van der Waals surface area contributed by atoms with Crippen molar-refractivity contribution in [3.05, 3.63) is 33.4 Å². The summed E-state index contributed by atoms with van der Waals surface area (Å²) in [5.74, 6) is 0.342. The van der Waals surface area contributed by atoms with Crippen molar-refractivity contribution in [3.8, 4) is 0 Å². The Bertz CT molecular complexity index is 362. The molecule has 1 aromatic rings. The smallest absolute Gasteiger partial charge is 0.435 e. The summed E-state index contributed by atoms with van der Waals surface area (Å²) in [6.45, 7) is 4.64. The van der Waals surface area contributed by atoms with E-state index in [0.717, 1.165) is 12.8 Å². The lowest BCUT2D eigenvalue weighted by Gasteiger charge is -2.15. The molecule has 0 fully saturated rings. The zero-order valence-corrected chi connectivity index (χ0v) is 13.0. The molecule has 1 aromatic carbocycles. The van der Waals surface area contributed by atoms with Gasteiger partial charge in [-0.3, -0.25) is 0 Å². The van der Waals surface area contributed by atoms with Crippen molar-refractivity contribution in [2.24, 2.45) is 5.92 Å². The predicted octanol–water partition coefficient (Wildman–Crippen LogP) is 4.03. The molecule has 0 saturated carbocycles. The Hall–Kier alpha value is -0.780. The van der Waals surface area contributed by atoms with Crippen LogP contribution in [-0.2, 0) is 15.9 Å². The number of carbonyl (C=O) groups is 1. The van der Waals surface area contributed by atoms with Crippen LogP contribution in [-0.4, -0.2) is 19.4 Å². The molecule has 18 heavy (non-hydrogen) atoms. The molecule has 0 aliphatic carbocycles. The summed E-state index contributed by atoms with van der Waals surface area (Å²) in [5.41, 5.74) is 1.27. The van der Waals surface area contributed by atoms with Crippen molar-refractivity contribution in [3.63, 3.8) is 0 Å². The van der Waals surface area contributed by atoms with Crippen LogP contribution in [0.25, 0.3) is 0 Å². The average Bonchev–Trinajstić information content (AvgIpc) is 2.37. The average molecular weight is 362 g/mol. The highest BCUT2D eigenvalue weighted by Gasteiger charge is 2.11. The zero-order valence-electron chi connectivity index (χ0n) is 10.8. The number of carbonyl (C=O) groups excluding carboxylic acids is 1. The molecular formula is C14H19IO3. The third-order valence-electron chi connectivity index (χ3n) is 2.71. The second-order valence-electron chi connectivity index (χ2n) is 4.10. The molecule has 0 bridgehead atoms. The maximum absolute atomic E-state index is 11.1. The maximum Gasteiger partial charge on any atom is 0.508 e. The fraction of sp³-hybridized carbons (Fsp3) is 0.500. The first kappa shape index (κ1) is 15.3. The van der Waals surface area contributed by atoms with Crippen molar-refractivity contribution < 1.29 is 14.3 Å². The molecule has 0 aromatic heterocycles. The molecule has 0 radical (unpaired) electrons. The zero-order chi connectivity index (χ0) is 13.4. The van der Waals surface area contributed by atoms with Crippen LogP contribution >= 0.6 is 22.6 Å². The molecule has 0 aliphatic heterocycles. The van der Waals surface area contributed by atoms with Crippen LogP contribution in [0, 0.1) is 9.49 Å². The standard InChI is InChI=1S/C14H19IO3/c1-3-11(10-18-14(16)17-4-2)9-12-5-7-13(15)8-6-12/h5-8,11H,3-4,9-10H2,1-2H3/t11-/m0/s1. The first-order valence-electron chi connectivity index (χ1n) is 6.19. The lowest BCUT2D eigenvalue weighted by Crippen LogP contribution is -2.16. The van der Waals surface area contributed by atoms with Crippen molar-refractivity contribution >= 4 is 28.7 Å². The van der Waals surface area contributed by atoms with Gasteiger partial charge in [0.15, 0.2) is 0 Å². The minimum Gasteiger partial charge on any atom is -0.435 e. The molecule has 4 heteroatoms. The van der Waals surface area contributed by atoms with E-state index < -0.39 is 6.16 Å². The highest BCUT2D eigenvalue weighted by Crippen LogP contribution is 2.14. The molecule has 0 aliphatic rings. The van der Waals surface area contributed by atoms with Crippen LogP contribution in [0.5, 0.6) is 0 Å². The topological polar surface area (TPSA) is 35.5 Å². The fourth-order valence-electron chi connectivity index (χ4n) is 1.62. The lowest BCUT2D eigenvalue weighted by atomic mass is 9.98. The van der Waals surface area contributed by atoms with Crippen molar-refractivity contribution in [1.29, 1.82) is 0 Å². The van der Waals surface area contributed by atoms with Gasteiger partial charge in [-0.25, -0.2) is 4.79 Å². The maximum atomic E-state index is 11.1. The second-order valence-corrected chi connectivity index (χ2v) is 5.34. The quantitative estimate of drug-likeness (QED) is 0.566. The highest BCUT2D eigenvalue weighted by molar-refractivity contribution is 14.1. The molecule has 0 spiro atoms. The van der Waals surface area contributed by atoms with Crippen LogP contribution < -0.4 is 0 Å².